The maximum Gasteiger partial charge on any atom is 0.340 e. The van der Waals surface area contributed by atoms with Gasteiger partial charge in [0.05, 0.1) is 24.3 Å². The maximum absolute atomic E-state index is 12.0. The van der Waals surface area contributed by atoms with E-state index in [2.05, 4.69) is 9.72 Å². The van der Waals surface area contributed by atoms with Crippen LogP contribution in [0.4, 0.5) is 5.69 Å². The number of ether oxygens (including phenoxy) is 1. The molecule has 7 nitrogen and oxygen atoms in total. The molecule has 2 rings (SSSR count). The molecule has 20 heavy (non-hydrogen) atoms. The highest BCUT2D eigenvalue weighted by Crippen LogP contribution is 2.33. The van der Waals surface area contributed by atoms with Crippen LogP contribution in [0.25, 0.3) is 0 Å². The van der Waals surface area contributed by atoms with Crippen molar-refractivity contribution >= 4 is 35.1 Å². The monoisotopic (exact) mass is 297 g/mol. The van der Waals surface area contributed by atoms with Crippen LogP contribution in [0.1, 0.15) is 16.8 Å². The van der Waals surface area contributed by atoms with E-state index in [9.17, 15) is 14.4 Å². The third-order valence-electron chi connectivity index (χ3n) is 3.08. The Labute approximate surface area is 119 Å². The molecule has 0 bridgehead atoms. The second kappa shape index (κ2) is 5.46. The Morgan fingerprint density at radius 2 is 2.25 bits per heavy atom. The highest BCUT2D eigenvalue weighted by molar-refractivity contribution is 6.33. The van der Waals surface area contributed by atoms with E-state index in [0.717, 1.165) is 0 Å². The zero-order valence-corrected chi connectivity index (χ0v) is 11.4. The van der Waals surface area contributed by atoms with Gasteiger partial charge in [-0.05, 0) is 6.07 Å². The van der Waals surface area contributed by atoms with Crippen molar-refractivity contribution in [2.75, 3.05) is 18.6 Å². The number of primary amides is 1. The van der Waals surface area contributed by atoms with Crippen molar-refractivity contribution in [2.45, 2.75) is 6.42 Å². The second-order valence-corrected chi connectivity index (χ2v) is 4.66. The number of nitrogens with two attached hydrogens (primary N) is 1. The lowest BCUT2D eigenvalue weighted by Gasteiger charge is -2.19. The van der Waals surface area contributed by atoms with Gasteiger partial charge in [-0.1, -0.05) is 11.6 Å². The summed E-state index contributed by atoms with van der Waals surface area (Å²) in [5, 5.41) is -0.00799. The Morgan fingerprint density at radius 1 is 1.55 bits per heavy atom. The van der Waals surface area contributed by atoms with Crippen LogP contribution in [-0.4, -0.2) is 36.4 Å². The first kappa shape index (κ1) is 14.3. The lowest BCUT2D eigenvalue weighted by atomic mass is 10.1. The molecule has 0 aliphatic carbocycles. The van der Waals surface area contributed by atoms with Crippen molar-refractivity contribution in [3.8, 4) is 0 Å². The summed E-state index contributed by atoms with van der Waals surface area (Å²) in [7, 11) is 1.22. The fraction of sp³-hybridized carbons (Fsp3) is 0.333. The zero-order valence-electron chi connectivity index (χ0n) is 10.6. The van der Waals surface area contributed by atoms with Crippen molar-refractivity contribution < 1.29 is 19.1 Å². The van der Waals surface area contributed by atoms with E-state index in [1.807, 2.05) is 0 Å². The molecule has 8 heteroatoms. The van der Waals surface area contributed by atoms with Crippen molar-refractivity contribution in [1.82, 2.24) is 4.98 Å². The Balaban J connectivity index is 2.45. The van der Waals surface area contributed by atoms with Crippen LogP contribution >= 0.6 is 11.6 Å². The average molecular weight is 298 g/mol. The third kappa shape index (κ3) is 2.44. The average Bonchev–Trinajstić information content (AvgIpc) is 2.79. The maximum atomic E-state index is 12.0. The van der Waals surface area contributed by atoms with Crippen LogP contribution in [0, 0.1) is 5.92 Å². The van der Waals surface area contributed by atoms with E-state index in [1.165, 1.54) is 24.3 Å². The summed E-state index contributed by atoms with van der Waals surface area (Å²) < 4.78 is 4.65. The SMILES string of the molecule is COC(=O)c1ccnc(Cl)c1N1CC(C(N)=O)CC1=O. The summed E-state index contributed by atoms with van der Waals surface area (Å²) in [5.41, 5.74) is 5.47. The summed E-state index contributed by atoms with van der Waals surface area (Å²) in [4.78, 5) is 40.0. The Kier molecular flexibility index (Phi) is 3.89. The third-order valence-corrected chi connectivity index (χ3v) is 3.36. The molecule has 1 fully saturated rings. The molecule has 0 radical (unpaired) electrons. The van der Waals surface area contributed by atoms with Gasteiger partial charge in [0.1, 0.15) is 0 Å². The molecule has 1 aliphatic heterocycles. The number of carbonyl (C=O) groups excluding carboxylic acids is 3. The molecule has 0 saturated carbocycles. The molecule has 0 aromatic carbocycles. The number of anilines is 1. The Morgan fingerprint density at radius 3 is 2.80 bits per heavy atom. The molecular weight excluding hydrogens is 286 g/mol. The van der Waals surface area contributed by atoms with Crippen molar-refractivity contribution in [3.05, 3.63) is 23.0 Å². The molecule has 0 spiro atoms. The largest absolute Gasteiger partial charge is 0.465 e. The molecule has 1 unspecified atom stereocenters. The van der Waals surface area contributed by atoms with Gasteiger partial charge in [0.25, 0.3) is 0 Å². The van der Waals surface area contributed by atoms with E-state index in [-0.39, 0.29) is 35.3 Å². The molecule has 2 heterocycles. The molecule has 1 aromatic rings. The number of aromatic nitrogens is 1. The van der Waals surface area contributed by atoms with E-state index in [1.54, 1.807) is 0 Å². The topological polar surface area (TPSA) is 103 Å². The number of amides is 2. The number of pyridine rings is 1. The van der Waals surface area contributed by atoms with Crippen molar-refractivity contribution in [1.29, 1.82) is 0 Å². The lowest BCUT2D eigenvalue weighted by molar-refractivity contribution is -0.123. The van der Waals surface area contributed by atoms with E-state index < -0.39 is 17.8 Å². The summed E-state index contributed by atoms with van der Waals surface area (Å²) >= 11 is 5.97. The minimum Gasteiger partial charge on any atom is -0.465 e. The first-order valence-electron chi connectivity index (χ1n) is 5.78. The molecule has 1 aromatic heterocycles. The fourth-order valence-corrected chi connectivity index (χ4v) is 2.33. The zero-order chi connectivity index (χ0) is 14.9. The summed E-state index contributed by atoms with van der Waals surface area (Å²) in [6, 6.07) is 1.40. The van der Waals surface area contributed by atoms with Gasteiger partial charge in [0.2, 0.25) is 11.8 Å². The van der Waals surface area contributed by atoms with E-state index >= 15 is 0 Å². The first-order chi connectivity index (χ1) is 9.45. The fourth-order valence-electron chi connectivity index (χ4n) is 2.07. The minimum atomic E-state index is -0.639. The minimum absolute atomic E-state index is 0.00799. The van der Waals surface area contributed by atoms with E-state index in [0.29, 0.717) is 0 Å². The summed E-state index contributed by atoms with van der Waals surface area (Å²) in [6.07, 6.45) is 1.32. The highest BCUT2D eigenvalue weighted by Gasteiger charge is 2.37. The van der Waals surface area contributed by atoms with Crippen LogP contribution in [0.5, 0.6) is 0 Å². The van der Waals surface area contributed by atoms with E-state index in [4.69, 9.17) is 17.3 Å². The number of esters is 1. The summed E-state index contributed by atoms with van der Waals surface area (Å²) in [5.74, 6) is -2.15. The van der Waals surface area contributed by atoms with Gasteiger partial charge in [-0.15, -0.1) is 0 Å². The van der Waals surface area contributed by atoms with Crippen LogP contribution in [0.15, 0.2) is 12.3 Å². The Hall–Kier alpha value is -2.15. The number of hydrogen-bond acceptors (Lipinski definition) is 5. The number of halogens is 1. The van der Waals surface area contributed by atoms with Gasteiger partial charge in [-0.2, -0.15) is 0 Å². The standard InChI is InChI=1S/C12H12ClN3O4/c1-20-12(19)7-2-3-15-10(13)9(7)16-5-6(11(14)18)4-8(16)17/h2-3,6H,4-5H2,1H3,(H2,14,18). The number of carbonyl (C=O) groups is 3. The molecular formula is C12H12ClN3O4. The molecule has 1 aliphatic rings. The van der Waals surface area contributed by atoms with Gasteiger partial charge in [-0.3, -0.25) is 9.59 Å². The lowest BCUT2D eigenvalue weighted by Crippen LogP contribution is -2.30. The van der Waals surface area contributed by atoms with Gasteiger partial charge >= 0.3 is 5.97 Å². The number of methoxy groups -OCH3 is 1. The van der Waals surface area contributed by atoms with Gasteiger partial charge in [0.15, 0.2) is 5.15 Å². The second-order valence-electron chi connectivity index (χ2n) is 4.30. The van der Waals surface area contributed by atoms with Crippen LogP contribution in [-0.2, 0) is 14.3 Å². The van der Waals surface area contributed by atoms with Gasteiger partial charge in [0, 0.05) is 19.2 Å². The molecule has 1 saturated heterocycles. The van der Waals surface area contributed by atoms with Gasteiger partial charge in [-0.25, -0.2) is 9.78 Å². The van der Waals surface area contributed by atoms with Crippen molar-refractivity contribution in [3.63, 3.8) is 0 Å². The van der Waals surface area contributed by atoms with Gasteiger partial charge < -0.3 is 15.4 Å². The molecule has 1 atom stereocenters. The van der Waals surface area contributed by atoms with Crippen LogP contribution < -0.4 is 10.6 Å². The highest BCUT2D eigenvalue weighted by atomic mass is 35.5. The predicted molar refractivity (Wildman–Crippen MR) is 70.2 cm³/mol. The summed E-state index contributed by atoms with van der Waals surface area (Å²) in [6.45, 7) is 0.0730. The number of rotatable bonds is 3. The normalized spacial score (nSPS) is 18.2. The molecule has 2 amide bonds. The first-order valence-corrected chi connectivity index (χ1v) is 6.16. The van der Waals surface area contributed by atoms with Crippen LogP contribution in [0.2, 0.25) is 5.15 Å². The Bertz CT molecular complexity index is 590. The molecule has 106 valence electrons. The number of nitrogens with zero attached hydrogens (tertiary/aromatic N) is 2. The van der Waals surface area contributed by atoms with Crippen LogP contribution in [0.3, 0.4) is 0 Å². The molecule has 2 N–H and O–H groups in total. The van der Waals surface area contributed by atoms with Crippen molar-refractivity contribution in [2.24, 2.45) is 11.7 Å². The smallest absolute Gasteiger partial charge is 0.340 e. The number of hydrogen-bond donors (Lipinski definition) is 1. The quantitative estimate of drug-likeness (QED) is 0.641. The predicted octanol–water partition coefficient (Wildman–Crippen LogP) is 0.360.